The molecule has 180 valence electrons. The van der Waals surface area contributed by atoms with Crippen LogP contribution in [0.1, 0.15) is 79.7 Å². The molecule has 1 aliphatic heterocycles. The van der Waals surface area contributed by atoms with Gasteiger partial charge < -0.3 is 15.5 Å². The molecule has 0 aromatic heterocycles. The largest absolute Gasteiger partial charge is 0.365 e. The third-order valence-corrected chi connectivity index (χ3v) is 6.39. The van der Waals surface area contributed by atoms with E-state index in [0.717, 1.165) is 45.3 Å². The number of hydrogen-bond donors (Lipinski definition) is 1. The Morgan fingerprint density at radius 3 is 2.25 bits per heavy atom. The number of anilines is 1. The maximum absolute atomic E-state index is 12.7. The lowest BCUT2D eigenvalue weighted by Gasteiger charge is -2.40. The second-order valence-corrected chi connectivity index (χ2v) is 11.5. The predicted molar refractivity (Wildman–Crippen MR) is 138 cm³/mol. The summed E-state index contributed by atoms with van der Waals surface area (Å²) in [5.41, 5.74) is 10.6. The topological polar surface area (TPSA) is 49.6 Å². The summed E-state index contributed by atoms with van der Waals surface area (Å²) < 4.78 is 0. The van der Waals surface area contributed by atoms with Crippen molar-refractivity contribution >= 4 is 11.6 Å². The van der Waals surface area contributed by atoms with Crippen LogP contribution in [0.3, 0.4) is 0 Å². The molecule has 1 heterocycles. The number of likely N-dealkylation sites (tertiary alicyclic amines) is 1. The van der Waals surface area contributed by atoms with E-state index in [0.29, 0.717) is 17.4 Å². The lowest BCUT2D eigenvalue weighted by molar-refractivity contribution is -0.134. The Bertz CT molecular complexity index is 733. The molecule has 0 spiro atoms. The van der Waals surface area contributed by atoms with Gasteiger partial charge in [-0.1, -0.05) is 58.4 Å². The van der Waals surface area contributed by atoms with Gasteiger partial charge >= 0.3 is 0 Å². The van der Waals surface area contributed by atoms with Crippen molar-refractivity contribution in [1.82, 2.24) is 4.90 Å². The number of aryl methyl sites for hydroxylation is 1. The number of allylic oxidation sites excluding steroid dienone is 1. The molecule has 1 atom stereocenters. The van der Waals surface area contributed by atoms with Gasteiger partial charge in [0, 0.05) is 31.4 Å². The summed E-state index contributed by atoms with van der Waals surface area (Å²) in [6.07, 6.45) is 7.36. The van der Waals surface area contributed by atoms with E-state index in [1.54, 1.807) is 0 Å². The normalized spacial score (nSPS) is 16.2. The van der Waals surface area contributed by atoms with E-state index >= 15 is 0 Å². The zero-order valence-corrected chi connectivity index (χ0v) is 21.7. The molecule has 4 heteroatoms. The third kappa shape index (κ3) is 8.61. The Morgan fingerprint density at radius 2 is 1.75 bits per heavy atom. The van der Waals surface area contributed by atoms with E-state index in [-0.39, 0.29) is 11.9 Å². The third-order valence-electron chi connectivity index (χ3n) is 6.39. The summed E-state index contributed by atoms with van der Waals surface area (Å²) >= 11 is 0. The molecule has 32 heavy (non-hydrogen) atoms. The van der Waals surface area contributed by atoms with Gasteiger partial charge in [0.15, 0.2) is 0 Å². The molecule has 0 aliphatic carbocycles. The van der Waals surface area contributed by atoms with E-state index in [1.165, 1.54) is 23.2 Å². The first kappa shape index (κ1) is 26.4. The summed E-state index contributed by atoms with van der Waals surface area (Å²) in [7, 11) is 0. The molecule has 2 N–H and O–H groups in total. The minimum Gasteiger partial charge on any atom is -0.365 e. The van der Waals surface area contributed by atoms with Crippen LogP contribution in [0.25, 0.3) is 0 Å². The fraction of sp³-hybridized carbons (Fsp3) is 0.679. The molecule has 1 fully saturated rings. The molecule has 1 aromatic carbocycles. The number of piperidine rings is 1. The first-order chi connectivity index (χ1) is 15.0. The summed E-state index contributed by atoms with van der Waals surface area (Å²) in [5, 5.41) is 0. The zero-order chi connectivity index (χ0) is 23.9. The van der Waals surface area contributed by atoms with Gasteiger partial charge in [-0.2, -0.15) is 0 Å². The summed E-state index contributed by atoms with van der Waals surface area (Å²) in [6, 6.07) is 9.23. The number of carbonyl (C=O) groups is 1. The average Bonchev–Trinajstić information content (AvgIpc) is 2.72. The number of carbonyl (C=O) groups excluding carboxylic acids is 1. The van der Waals surface area contributed by atoms with Crippen molar-refractivity contribution in [3.05, 3.63) is 41.5 Å². The standard InChI is InChI=1S/C28H47N3O/c1-21(2)13-19-31(24-10-8-23(9-11-24)12-16-28(5,6)7)25-14-17-30(18-15-25)27(32)26(29)20-22(3)4/h8-11,13,22,25-26H,12,14-20,29H2,1-7H3/t26-/m1/s1. The van der Waals surface area contributed by atoms with E-state index in [4.69, 9.17) is 5.73 Å². The molecule has 1 aromatic rings. The van der Waals surface area contributed by atoms with Crippen LogP contribution in [0.15, 0.2) is 35.9 Å². The minimum absolute atomic E-state index is 0.121. The molecule has 0 unspecified atom stereocenters. The first-order valence-corrected chi connectivity index (χ1v) is 12.5. The Balaban J connectivity index is 2.05. The zero-order valence-electron chi connectivity index (χ0n) is 21.7. The van der Waals surface area contributed by atoms with Crippen LogP contribution >= 0.6 is 0 Å². The van der Waals surface area contributed by atoms with Crippen molar-refractivity contribution in [2.75, 3.05) is 24.5 Å². The van der Waals surface area contributed by atoms with Crippen LogP contribution in [-0.4, -0.2) is 42.5 Å². The second kappa shape index (κ2) is 11.9. The van der Waals surface area contributed by atoms with Gasteiger partial charge in [-0.3, -0.25) is 4.79 Å². The van der Waals surface area contributed by atoms with Gasteiger partial charge in [0.05, 0.1) is 6.04 Å². The van der Waals surface area contributed by atoms with Crippen molar-refractivity contribution in [1.29, 1.82) is 0 Å². The summed E-state index contributed by atoms with van der Waals surface area (Å²) in [5.74, 6) is 0.564. The minimum atomic E-state index is -0.367. The number of rotatable bonds is 9. The summed E-state index contributed by atoms with van der Waals surface area (Å²) in [6.45, 7) is 18.0. The fourth-order valence-corrected chi connectivity index (χ4v) is 4.36. The van der Waals surface area contributed by atoms with Gasteiger partial charge in [-0.05, 0) is 75.0 Å². The van der Waals surface area contributed by atoms with Crippen LogP contribution in [0.5, 0.6) is 0 Å². The molecule has 1 amide bonds. The van der Waals surface area contributed by atoms with Crippen LogP contribution in [0.2, 0.25) is 0 Å². The molecular formula is C28H47N3O. The van der Waals surface area contributed by atoms with Gasteiger partial charge in [-0.25, -0.2) is 0 Å². The van der Waals surface area contributed by atoms with Crippen molar-refractivity contribution in [3.8, 4) is 0 Å². The monoisotopic (exact) mass is 441 g/mol. The SMILES string of the molecule is CC(C)=CCN(c1ccc(CCC(C)(C)C)cc1)C1CCN(C(=O)[C@H](N)CC(C)C)CC1. The van der Waals surface area contributed by atoms with E-state index < -0.39 is 0 Å². The number of benzene rings is 1. The molecule has 0 bridgehead atoms. The van der Waals surface area contributed by atoms with E-state index in [2.05, 4.69) is 83.7 Å². The highest BCUT2D eigenvalue weighted by Crippen LogP contribution is 2.27. The molecule has 1 aliphatic rings. The first-order valence-electron chi connectivity index (χ1n) is 12.5. The molecular weight excluding hydrogens is 394 g/mol. The summed E-state index contributed by atoms with van der Waals surface area (Å²) in [4.78, 5) is 17.3. The maximum Gasteiger partial charge on any atom is 0.239 e. The molecule has 1 saturated heterocycles. The lowest BCUT2D eigenvalue weighted by Crippen LogP contribution is -2.51. The number of nitrogens with zero attached hydrogens (tertiary/aromatic N) is 2. The van der Waals surface area contributed by atoms with E-state index in [9.17, 15) is 4.79 Å². The smallest absolute Gasteiger partial charge is 0.239 e. The van der Waals surface area contributed by atoms with Crippen LogP contribution in [-0.2, 0) is 11.2 Å². The van der Waals surface area contributed by atoms with Crippen molar-refractivity contribution in [3.63, 3.8) is 0 Å². The highest BCUT2D eigenvalue weighted by atomic mass is 16.2. The average molecular weight is 442 g/mol. The second-order valence-electron chi connectivity index (χ2n) is 11.5. The highest BCUT2D eigenvalue weighted by Gasteiger charge is 2.29. The van der Waals surface area contributed by atoms with E-state index in [1.807, 2.05) is 4.90 Å². The van der Waals surface area contributed by atoms with Crippen molar-refractivity contribution in [2.45, 2.75) is 92.7 Å². The Hall–Kier alpha value is -1.81. The maximum atomic E-state index is 12.7. The quantitative estimate of drug-likeness (QED) is 0.493. The highest BCUT2D eigenvalue weighted by molar-refractivity contribution is 5.81. The fourth-order valence-electron chi connectivity index (χ4n) is 4.36. The van der Waals surface area contributed by atoms with Gasteiger partial charge in [0.25, 0.3) is 0 Å². The van der Waals surface area contributed by atoms with Gasteiger partial charge in [-0.15, -0.1) is 0 Å². The molecule has 2 rings (SSSR count). The lowest BCUT2D eigenvalue weighted by atomic mass is 9.88. The Labute approximate surface area is 197 Å². The van der Waals surface area contributed by atoms with Crippen LogP contribution in [0.4, 0.5) is 5.69 Å². The Kier molecular flexibility index (Phi) is 9.82. The molecule has 0 saturated carbocycles. The number of amides is 1. The molecule has 4 nitrogen and oxygen atoms in total. The van der Waals surface area contributed by atoms with Crippen LogP contribution in [0, 0.1) is 11.3 Å². The van der Waals surface area contributed by atoms with Crippen molar-refractivity contribution < 1.29 is 4.79 Å². The Morgan fingerprint density at radius 1 is 1.16 bits per heavy atom. The number of hydrogen-bond acceptors (Lipinski definition) is 3. The predicted octanol–water partition coefficient (Wildman–Crippen LogP) is 5.80. The van der Waals surface area contributed by atoms with Crippen LogP contribution < -0.4 is 10.6 Å². The van der Waals surface area contributed by atoms with Gasteiger partial charge in [0.2, 0.25) is 5.91 Å². The number of nitrogens with two attached hydrogens (primary N) is 1. The molecule has 0 radical (unpaired) electrons. The van der Waals surface area contributed by atoms with Crippen molar-refractivity contribution in [2.24, 2.45) is 17.1 Å². The van der Waals surface area contributed by atoms with Gasteiger partial charge in [0.1, 0.15) is 0 Å².